The van der Waals surface area contributed by atoms with Crippen LogP contribution in [-0.2, 0) is 19.4 Å². The summed E-state index contributed by atoms with van der Waals surface area (Å²) >= 11 is 0. The van der Waals surface area contributed by atoms with E-state index in [1.807, 2.05) is 32.0 Å². The molecule has 2 aromatic rings. The highest BCUT2D eigenvalue weighted by Crippen LogP contribution is 2.22. The van der Waals surface area contributed by atoms with Crippen molar-refractivity contribution in [1.82, 2.24) is 9.88 Å². The minimum atomic E-state index is -3.13. The Morgan fingerprint density at radius 1 is 1.31 bits per heavy atom. The standard InChI is InChI=1S/C21H26N2O5S/c1-4-15(3)23(16-9-10-29(26,27)13-16)20(24)12-28-21(25)18-11-14(2)22-19-8-6-5-7-17(18)19/h5-8,11,15-16H,4,9-10,12-13H2,1-3H3. The second-order valence-corrected chi connectivity index (χ2v) is 9.75. The molecule has 0 radical (unpaired) electrons. The molecular formula is C21H26N2O5S. The van der Waals surface area contributed by atoms with Crippen molar-refractivity contribution >= 4 is 32.6 Å². The third-order valence-electron chi connectivity index (χ3n) is 5.35. The van der Waals surface area contributed by atoms with Gasteiger partial charge in [0.2, 0.25) is 0 Å². The maximum Gasteiger partial charge on any atom is 0.339 e. The molecule has 0 aliphatic carbocycles. The Hall–Kier alpha value is -2.48. The van der Waals surface area contributed by atoms with Gasteiger partial charge in [0.05, 0.1) is 22.6 Å². The van der Waals surface area contributed by atoms with Crippen LogP contribution in [0.5, 0.6) is 0 Å². The zero-order valence-electron chi connectivity index (χ0n) is 16.9. The number of benzene rings is 1. The number of hydrogen-bond donors (Lipinski definition) is 0. The molecule has 156 valence electrons. The average Bonchev–Trinajstić information content (AvgIpc) is 3.04. The normalized spacial score (nSPS) is 19.1. The van der Waals surface area contributed by atoms with Gasteiger partial charge in [0, 0.05) is 23.2 Å². The van der Waals surface area contributed by atoms with E-state index in [-0.39, 0.29) is 29.5 Å². The molecule has 1 aromatic heterocycles. The number of fused-ring (bicyclic) bond motifs is 1. The van der Waals surface area contributed by atoms with Gasteiger partial charge >= 0.3 is 5.97 Å². The zero-order chi connectivity index (χ0) is 21.2. The molecule has 1 fully saturated rings. The van der Waals surface area contributed by atoms with Crippen molar-refractivity contribution in [3.8, 4) is 0 Å². The van der Waals surface area contributed by atoms with Gasteiger partial charge in [-0.05, 0) is 38.8 Å². The van der Waals surface area contributed by atoms with Gasteiger partial charge in [-0.25, -0.2) is 13.2 Å². The Morgan fingerprint density at radius 2 is 2.03 bits per heavy atom. The number of amides is 1. The van der Waals surface area contributed by atoms with Gasteiger partial charge in [0.1, 0.15) is 0 Å². The third kappa shape index (κ3) is 4.75. The van der Waals surface area contributed by atoms with Crippen LogP contribution in [0.1, 0.15) is 42.7 Å². The number of para-hydroxylation sites is 1. The van der Waals surface area contributed by atoms with Crippen molar-refractivity contribution in [2.24, 2.45) is 0 Å². The molecule has 0 N–H and O–H groups in total. The number of sulfone groups is 1. The van der Waals surface area contributed by atoms with Crippen LogP contribution in [0.3, 0.4) is 0 Å². The van der Waals surface area contributed by atoms with Gasteiger partial charge in [-0.2, -0.15) is 0 Å². The largest absolute Gasteiger partial charge is 0.452 e. The third-order valence-corrected chi connectivity index (χ3v) is 7.10. The highest BCUT2D eigenvalue weighted by atomic mass is 32.2. The number of rotatable bonds is 6. The predicted molar refractivity (Wildman–Crippen MR) is 110 cm³/mol. The summed E-state index contributed by atoms with van der Waals surface area (Å²) in [5.74, 6) is -0.918. The summed E-state index contributed by atoms with van der Waals surface area (Å²) in [5, 5.41) is 0.663. The minimum absolute atomic E-state index is 0.0365. The van der Waals surface area contributed by atoms with E-state index in [0.29, 0.717) is 35.0 Å². The van der Waals surface area contributed by atoms with Gasteiger partial charge in [0.25, 0.3) is 5.91 Å². The van der Waals surface area contributed by atoms with Crippen LogP contribution in [0.25, 0.3) is 10.9 Å². The van der Waals surface area contributed by atoms with Crippen molar-refractivity contribution in [2.45, 2.75) is 45.7 Å². The smallest absolute Gasteiger partial charge is 0.339 e. The fourth-order valence-corrected chi connectivity index (χ4v) is 5.47. The van der Waals surface area contributed by atoms with E-state index in [0.717, 1.165) is 0 Å². The van der Waals surface area contributed by atoms with Crippen LogP contribution in [0.15, 0.2) is 30.3 Å². The SMILES string of the molecule is CCC(C)N(C(=O)COC(=O)c1cc(C)nc2ccccc12)C1CCS(=O)(=O)C1. The van der Waals surface area contributed by atoms with Crippen molar-refractivity contribution in [2.75, 3.05) is 18.1 Å². The quantitative estimate of drug-likeness (QED) is 0.669. The fourth-order valence-electron chi connectivity index (χ4n) is 3.76. The van der Waals surface area contributed by atoms with E-state index in [2.05, 4.69) is 4.98 Å². The molecule has 0 bridgehead atoms. The van der Waals surface area contributed by atoms with Crippen LogP contribution in [0.4, 0.5) is 0 Å². The Labute approximate surface area is 171 Å². The summed E-state index contributed by atoms with van der Waals surface area (Å²) in [7, 11) is -3.13. The Morgan fingerprint density at radius 3 is 2.69 bits per heavy atom. The summed E-state index contributed by atoms with van der Waals surface area (Å²) in [5.41, 5.74) is 1.72. The van der Waals surface area contributed by atoms with Crippen LogP contribution < -0.4 is 0 Å². The molecule has 7 nitrogen and oxygen atoms in total. The summed E-state index contributed by atoms with van der Waals surface area (Å²) in [4.78, 5) is 31.5. The molecule has 1 aromatic carbocycles. The average molecular weight is 419 g/mol. The number of pyridine rings is 1. The fraction of sp³-hybridized carbons (Fsp3) is 0.476. The van der Waals surface area contributed by atoms with E-state index in [9.17, 15) is 18.0 Å². The lowest BCUT2D eigenvalue weighted by molar-refractivity contribution is -0.138. The lowest BCUT2D eigenvalue weighted by atomic mass is 10.1. The number of aromatic nitrogens is 1. The molecule has 2 heterocycles. The first-order valence-electron chi connectivity index (χ1n) is 9.77. The number of carbonyl (C=O) groups excluding carboxylic acids is 2. The van der Waals surface area contributed by atoms with Crippen LogP contribution >= 0.6 is 0 Å². The lowest BCUT2D eigenvalue weighted by Crippen LogP contribution is -2.48. The van der Waals surface area contributed by atoms with Crippen molar-refractivity contribution in [3.63, 3.8) is 0 Å². The van der Waals surface area contributed by atoms with Crippen LogP contribution in [0.2, 0.25) is 0 Å². The molecule has 1 aliphatic heterocycles. The van der Waals surface area contributed by atoms with Crippen LogP contribution in [-0.4, -0.2) is 60.4 Å². The van der Waals surface area contributed by atoms with Gasteiger partial charge in [-0.3, -0.25) is 9.78 Å². The molecule has 3 rings (SSSR count). The monoisotopic (exact) mass is 418 g/mol. The molecule has 29 heavy (non-hydrogen) atoms. The number of hydrogen-bond acceptors (Lipinski definition) is 6. The number of esters is 1. The molecule has 2 atom stereocenters. The number of ether oxygens (including phenoxy) is 1. The van der Waals surface area contributed by atoms with Crippen molar-refractivity contribution in [1.29, 1.82) is 0 Å². The Bertz CT molecular complexity index is 1030. The zero-order valence-corrected chi connectivity index (χ0v) is 17.7. The lowest BCUT2D eigenvalue weighted by Gasteiger charge is -2.33. The molecular weight excluding hydrogens is 392 g/mol. The highest BCUT2D eigenvalue weighted by molar-refractivity contribution is 7.91. The second-order valence-electron chi connectivity index (χ2n) is 7.52. The van der Waals surface area contributed by atoms with Gasteiger partial charge in [-0.15, -0.1) is 0 Å². The summed E-state index contributed by atoms with van der Waals surface area (Å²) in [6.45, 7) is 5.19. The summed E-state index contributed by atoms with van der Waals surface area (Å²) < 4.78 is 29.0. The summed E-state index contributed by atoms with van der Waals surface area (Å²) in [6, 6.07) is 8.39. The van der Waals surface area contributed by atoms with Crippen LogP contribution in [0, 0.1) is 6.92 Å². The molecule has 1 amide bonds. The minimum Gasteiger partial charge on any atom is -0.452 e. The Kier molecular flexibility index (Phi) is 6.21. The van der Waals surface area contributed by atoms with Gasteiger partial charge < -0.3 is 9.64 Å². The Balaban J connectivity index is 1.76. The number of aryl methyl sites for hydroxylation is 1. The van der Waals surface area contributed by atoms with E-state index >= 15 is 0 Å². The molecule has 0 spiro atoms. The predicted octanol–water partition coefficient (Wildman–Crippen LogP) is 2.51. The first-order chi connectivity index (χ1) is 13.7. The number of nitrogens with zero attached hydrogens (tertiary/aromatic N) is 2. The first-order valence-corrected chi connectivity index (χ1v) is 11.6. The number of carbonyl (C=O) groups is 2. The first kappa shape index (κ1) is 21.2. The topological polar surface area (TPSA) is 93.6 Å². The van der Waals surface area contributed by atoms with Crippen molar-refractivity contribution < 1.29 is 22.7 Å². The van der Waals surface area contributed by atoms with Crippen molar-refractivity contribution in [3.05, 3.63) is 41.6 Å². The molecule has 0 saturated carbocycles. The molecule has 1 saturated heterocycles. The molecule has 2 unspecified atom stereocenters. The van der Waals surface area contributed by atoms with Gasteiger partial charge in [-0.1, -0.05) is 25.1 Å². The maximum atomic E-state index is 12.8. The highest BCUT2D eigenvalue weighted by Gasteiger charge is 2.36. The molecule has 8 heteroatoms. The second kappa shape index (κ2) is 8.49. The van der Waals surface area contributed by atoms with Gasteiger partial charge in [0.15, 0.2) is 16.4 Å². The van der Waals surface area contributed by atoms with E-state index in [1.54, 1.807) is 24.0 Å². The maximum absolute atomic E-state index is 12.8. The summed E-state index contributed by atoms with van der Waals surface area (Å²) in [6.07, 6.45) is 1.10. The molecule has 1 aliphatic rings. The van der Waals surface area contributed by atoms with E-state index in [1.165, 1.54) is 0 Å². The van der Waals surface area contributed by atoms with E-state index < -0.39 is 22.4 Å². The van der Waals surface area contributed by atoms with E-state index in [4.69, 9.17) is 4.74 Å².